The standard InChI is InChI=1S/C12H17NO4.C2H6/c1-6-9(10(14)15)7-8(2)13-11(16)17-12(3,4)5;1-2/h6-7H,1-2H2,3-5H3,(H,13,16)(H,14,15);1-2H3/b9-7+;. The summed E-state index contributed by atoms with van der Waals surface area (Å²) in [6.45, 7) is 16.0. The maximum atomic E-state index is 11.3. The number of ether oxygens (including phenoxy) is 1. The number of amides is 1. The number of hydrogen-bond donors (Lipinski definition) is 2. The van der Waals surface area contributed by atoms with E-state index in [9.17, 15) is 9.59 Å². The number of hydrogen-bond acceptors (Lipinski definition) is 3. The van der Waals surface area contributed by atoms with Gasteiger partial charge in [0, 0.05) is 5.70 Å². The highest BCUT2D eigenvalue weighted by molar-refractivity contribution is 5.90. The van der Waals surface area contributed by atoms with E-state index in [2.05, 4.69) is 18.5 Å². The molecular formula is C14H23NO4. The lowest BCUT2D eigenvalue weighted by Gasteiger charge is -2.19. The molecule has 1 amide bonds. The Balaban J connectivity index is 0. The summed E-state index contributed by atoms with van der Waals surface area (Å²) in [6.07, 6.45) is 1.66. The van der Waals surface area contributed by atoms with Crippen molar-refractivity contribution in [1.82, 2.24) is 5.32 Å². The van der Waals surface area contributed by atoms with E-state index in [1.54, 1.807) is 20.8 Å². The molecule has 108 valence electrons. The molecule has 0 saturated heterocycles. The third kappa shape index (κ3) is 10.8. The van der Waals surface area contributed by atoms with Crippen molar-refractivity contribution in [1.29, 1.82) is 0 Å². The molecule has 0 aliphatic heterocycles. The van der Waals surface area contributed by atoms with E-state index in [4.69, 9.17) is 9.84 Å². The molecule has 0 bridgehead atoms. The molecule has 0 aromatic carbocycles. The Morgan fingerprint density at radius 1 is 1.26 bits per heavy atom. The van der Waals surface area contributed by atoms with Crippen molar-refractivity contribution >= 4 is 12.1 Å². The first-order chi connectivity index (χ1) is 8.65. The molecule has 0 saturated carbocycles. The van der Waals surface area contributed by atoms with Crippen LogP contribution in [0.4, 0.5) is 4.79 Å². The summed E-state index contributed by atoms with van der Waals surface area (Å²) >= 11 is 0. The van der Waals surface area contributed by atoms with Crippen LogP contribution in [-0.4, -0.2) is 22.8 Å². The first-order valence-corrected chi connectivity index (χ1v) is 5.92. The topological polar surface area (TPSA) is 75.6 Å². The molecule has 5 heteroatoms. The highest BCUT2D eigenvalue weighted by atomic mass is 16.6. The van der Waals surface area contributed by atoms with E-state index in [0.29, 0.717) is 0 Å². The molecule has 0 spiro atoms. The summed E-state index contributed by atoms with van der Waals surface area (Å²) in [5, 5.41) is 11.0. The number of alkyl carbamates (subject to hydrolysis) is 1. The van der Waals surface area contributed by atoms with Crippen LogP contribution in [0.15, 0.2) is 36.6 Å². The molecule has 0 aliphatic rings. The number of allylic oxidation sites excluding steroid dienone is 1. The second-order valence-electron chi connectivity index (χ2n) is 4.26. The highest BCUT2D eigenvalue weighted by Gasteiger charge is 2.16. The van der Waals surface area contributed by atoms with Crippen molar-refractivity contribution in [3.63, 3.8) is 0 Å². The second kappa shape index (κ2) is 8.97. The number of rotatable bonds is 4. The minimum Gasteiger partial charge on any atom is -0.478 e. The molecule has 0 aliphatic carbocycles. The molecule has 0 rings (SSSR count). The molecule has 0 aromatic heterocycles. The van der Waals surface area contributed by atoms with Gasteiger partial charge in [0.05, 0.1) is 5.57 Å². The van der Waals surface area contributed by atoms with Crippen LogP contribution >= 0.6 is 0 Å². The summed E-state index contributed by atoms with van der Waals surface area (Å²) in [4.78, 5) is 22.0. The van der Waals surface area contributed by atoms with Crippen LogP contribution in [-0.2, 0) is 9.53 Å². The molecule has 0 atom stereocenters. The lowest BCUT2D eigenvalue weighted by atomic mass is 10.2. The van der Waals surface area contributed by atoms with E-state index >= 15 is 0 Å². The van der Waals surface area contributed by atoms with Gasteiger partial charge in [-0.25, -0.2) is 9.59 Å². The zero-order valence-electron chi connectivity index (χ0n) is 12.2. The van der Waals surface area contributed by atoms with Crippen molar-refractivity contribution in [2.75, 3.05) is 0 Å². The predicted molar refractivity (Wildman–Crippen MR) is 75.8 cm³/mol. The van der Waals surface area contributed by atoms with Crippen LogP contribution in [0, 0.1) is 0 Å². The number of carboxylic acid groups (broad SMARTS) is 1. The zero-order valence-corrected chi connectivity index (χ0v) is 12.2. The molecule has 5 nitrogen and oxygen atoms in total. The Labute approximate surface area is 114 Å². The van der Waals surface area contributed by atoms with Crippen LogP contribution in [0.25, 0.3) is 0 Å². The van der Waals surface area contributed by atoms with Gasteiger partial charge >= 0.3 is 12.1 Å². The number of nitrogens with one attached hydrogen (secondary N) is 1. The van der Waals surface area contributed by atoms with Gasteiger partial charge in [-0.3, -0.25) is 5.32 Å². The van der Waals surface area contributed by atoms with E-state index in [1.807, 2.05) is 13.8 Å². The fraction of sp³-hybridized carbons (Fsp3) is 0.429. The van der Waals surface area contributed by atoms with Gasteiger partial charge in [-0.1, -0.05) is 33.1 Å². The average molecular weight is 269 g/mol. The van der Waals surface area contributed by atoms with E-state index < -0.39 is 17.7 Å². The largest absolute Gasteiger partial charge is 0.478 e. The van der Waals surface area contributed by atoms with E-state index in [-0.39, 0.29) is 11.3 Å². The van der Waals surface area contributed by atoms with Crippen LogP contribution < -0.4 is 5.32 Å². The minimum absolute atomic E-state index is 0.0638. The van der Waals surface area contributed by atoms with Crippen LogP contribution in [0.3, 0.4) is 0 Å². The number of carbonyl (C=O) groups excluding carboxylic acids is 1. The predicted octanol–water partition coefficient (Wildman–Crippen LogP) is 3.25. The SMILES string of the molecule is C=C/C(=C\C(=C)NC(=O)OC(C)(C)C)C(=O)O.CC. The maximum Gasteiger partial charge on any atom is 0.412 e. The Morgan fingerprint density at radius 3 is 2.05 bits per heavy atom. The van der Waals surface area contributed by atoms with Gasteiger partial charge < -0.3 is 9.84 Å². The smallest absolute Gasteiger partial charge is 0.412 e. The molecule has 0 fully saturated rings. The monoisotopic (exact) mass is 269 g/mol. The van der Waals surface area contributed by atoms with Crippen molar-refractivity contribution in [2.24, 2.45) is 0 Å². The molecule has 2 N–H and O–H groups in total. The molecular weight excluding hydrogens is 246 g/mol. The van der Waals surface area contributed by atoms with Gasteiger partial charge in [-0.15, -0.1) is 0 Å². The van der Waals surface area contributed by atoms with Gasteiger partial charge in [-0.05, 0) is 26.8 Å². The summed E-state index contributed by atoms with van der Waals surface area (Å²) in [6, 6.07) is 0. The summed E-state index contributed by atoms with van der Waals surface area (Å²) in [5.41, 5.74) is -0.565. The lowest BCUT2D eigenvalue weighted by Crippen LogP contribution is -2.31. The van der Waals surface area contributed by atoms with Gasteiger partial charge in [0.15, 0.2) is 0 Å². The molecule has 19 heavy (non-hydrogen) atoms. The number of aliphatic carboxylic acids is 1. The fourth-order valence-corrected chi connectivity index (χ4v) is 0.866. The minimum atomic E-state index is -1.15. The van der Waals surface area contributed by atoms with Crippen LogP contribution in [0.1, 0.15) is 34.6 Å². The first kappa shape index (κ1) is 19.3. The highest BCUT2D eigenvalue weighted by Crippen LogP contribution is 2.07. The molecule has 0 heterocycles. The van der Waals surface area contributed by atoms with Crippen molar-refractivity contribution in [2.45, 2.75) is 40.2 Å². The van der Waals surface area contributed by atoms with Gasteiger partial charge in [-0.2, -0.15) is 0 Å². The number of carbonyl (C=O) groups is 2. The summed E-state index contributed by atoms with van der Waals surface area (Å²) < 4.78 is 4.97. The number of carboxylic acids is 1. The Morgan fingerprint density at radius 2 is 1.74 bits per heavy atom. The molecule has 0 aromatic rings. The zero-order chi connectivity index (χ0) is 15.6. The van der Waals surface area contributed by atoms with Crippen LogP contribution in [0.2, 0.25) is 0 Å². The fourth-order valence-electron chi connectivity index (χ4n) is 0.866. The molecule has 0 unspecified atom stereocenters. The normalized spacial score (nSPS) is 10.7. The van der Waals surface area contributed by atoms with E-state index in [1.165, 1.54) is 6.08 Å². The third-order valence-corrected chi connectivity index (χ3v) is 1.46. The van der Waals surface area contributed by atoms with Gasteiger partial charge in [0.1, 0.15) is 5.60 Å². The first-order valence-electron chi connectivity index (χ1n) is 5.92. The van der Waals surface area contributed by atoms with Crippen molar-refractivity contribution < 1.29 is 19.4 Å². The second-order valence-corrected chi connectivity index (χ2v) is 4.26. The van der Waals surface area contributed by atoms with Gasteiger partial charge in [0.2, 0.25) is 0 Å². The quantitative estimate of drug-likeness (QED) is 0.606. The third-order valence-electron chi connectivity index (χ3n) is 1.46. The Bertz CT molecular complexity index is 375. The lowest BCUT2D eigenvalue weighted by molar-refractivity contribution is -0.132. The van der Waals surface area contributed by atoms with Gasteiger partial charge in [0.25, 0.3) is 0 Å². The average Bonchev–Trinajstić information content (AvgIpc) is 2.25. The summed E-state index contributed by atoms with van der Waals surface area (Å²) in [7, 11) is 0. The maximum absolute atomic E-state index is 11.3. The van der Waals surface area contributed by atoms with Crippen molar-refractivity contribution in [3.8, 4) is 0 Å². The Kier molecular flexibility index (Phi) is 9.11. The van der Waals surface area contributed by atoms with Crippen LogP contribution in [0.5, 0.6) is 0 Å². The molecule has 0 radical (unpaired) electrons. The Hall–Kier alpha value is -2.04. The summed E-state index contributed by atoms with van der Waals surface area (Å²) in [5.74, 6) is -1.15. The van der Waals surface area contributed by atoms with E-state index in [0.717, 1.165) is 6.08 Å². The van der Waals surface area contributed by atoms with Crippen molar-refractivity contribution in [3.05, 3.63) is 36.6 Å².